The van der Waals surface area contributed by atoms with Gasteiger partial charge in [-0.25, -0.2) is 9.07 Å². The minimum Gasteiger partial charge on any atom is -0.508 e. The zero-order valence-corrected chi connectivity index (χ0v) is 17.5. The Bertz CT molecular complexity index is 1350. The second-order valence-corrected chi connectivity index (χ2v) is 7.56. The maximum Gasteiger partial charge on any atom is 0.255 e. The van der Waals surface area contributed by atoms with Crippen LogP contribution in [0.15, 0.2) is 84.3 Å². The first-order chi connectivity index (χ1) is 16.0. The van der Waals surface area contributed by atoms with Crippen molar-refractivity contribution in [2.75, 3.05) is 10.6 Å². The van der Waals surface area contributed by atoms with Crippen molar-refractivity contribution in [3.05, 3.63) is 95.7 Å². The zero-order valence-electron chi connectivity index (χ0n) is 17.5. The molecule has 1 aliphatic rings. The number of carbonyl (C=O) groups is 1. The highest BCUT2D eigenvalue weighted by Crippen LogP contribution is 2.37. The molecule has 3 heterocycles. The monoisotopic (exact) mass is 442 g/mol. The quantitative estimate of drug-likeness (QED) is 0.439. The highest BCUT2D eigenvalue weighted by atomic mass is 19.1. The van der Waals surface area contributed by atoms with Gasteiger partial charge in [0.05, 0.1) is 17.5 Å². The lowest BCUT2D eigenvalue weighted by Gasteiger charge is -2.28. The van der Waals surface area contributed by atoms with Crippen LogP contribution in [0.3, 0.4) is 0 Å². The second-order valence-electron chi connectivity index (χ2n) is 7.56. The Kier molecular flexibility index (Phi) is 5.06. The number of hydrogen-bond acceptors (Lipinski definition) is 6. The summed E-state index contributed by atoms with van der Waals surface area (Å²) < 4.78 is 15.0. The standard InChI is InChI=1S/C24H19FN6O2/c1-14-20(23(33)28-18-3-2-12-26-13-18)21(15-6-10-19(32)11-7-15)31-24(27-14)29-22(30-31)16-4-8-17(25)9-5-16/h2-13,21,32H,1H3,(H,28,33)(H,27,29,30). The summed E-state index contributed by atoms with van der Waals surface area (Å²) in [6.07, 6.45) is 3.19. The van der Waals surface area contributed by atoms with Crippen LogP contribution in [0, 0.1) is 5.82 Å². The maximum absolute atomic E-state index is 13.4. The van der Waals surface area contributed by atoms with Gasteiger partial charge >= 0.3 is 0 Å². The van der Waals surface area contributed by atoms with E-state index < -0.39 is 6.04 Å². The highest BCUT2D eigenvalue weighted by Gasteiger charge is 2.34. The summed E-state index contributed by atoms with van der Waals surface area (Å²) in [4.78, 5) is 22.0. The summed E-state index contributed by atoms with van der Waals surface area (Å²) in [5.74, 6) is 0.275. The number of pyridine rings is 1. The summed E-state index contributed by atoms with van der Waals surface area (Å²) in [6.45, 7) is 1.79. The number of nitrogens with zero attached hydrogens (tertiary/aromatic N) is 4. The van der Waals surface area contributed by atoms with Crippen molar-refractivity contribution in [1.82, 2.24) is 19.7 Å². The van der Waals surface area contributed by atoms with Crippen LogP contribution in [0.4, 0.5) is 16.0 Å². The molecule has 0 spiro atoms. The van der Waals surface area contributed by atoms with Gasteiger partial charge in [0.1, 0.15) is 17.6 Å². The molecule has 0 bridgehead atoms. The summed E-state index contributed by atoms with van der Waals surface area (Å²) in [7, 11) is 0. The molecular weight excluding hydrogens is 423 g/mol. The number of carbonyl (C=O) groups excluding carboxylic acids is 1. The predicted octanol–water partition coefficient (Wildman–Crippen LogP) is 4.11. The van der Waals surface area contributed by atoms with Crippen molar-refractivity contribution in [1.29, 1.82) is 0 Å². The number of aromatic hydroxyl groups is 1. The Labute approximate surface area is 188 Å². The Morgan fingerprint density at radius 3 is 2.58 bits per heavy atom. The molecule has 0 aliphatic carbocycles. The third-order valence-electron chi connectivity index (χ3n) is 5.33. The van der Waals surface area contributed by atoms with Gasteiger partial charge in [0.2, 0.25) is 5.95 Å². The first kappa shape index (κ1) is 20.4. The smallest absolute Gasteiger partial charge is 0.255 e. The van der Waals surface area contributed by atoms with E-state index in [0.717, 1.165) is 5.56 Å². The molecule has 1 aliphatic heterocycles. The number of allylic oxidation sites excluding steroid dienone is 1. The highest BCUT2D eigenvalue weighted by molar-refractivity contribution is 6.05. The number of nitrogens with one attached hydrogen (secondary N) is 2. The molecule has 2 aromatic heterocycles. The first-order valence-electron chi connectivity index (χ1n) is 10.2. The van der Waals surface area contributed by atoms with E-state index in [1.807, 2.05) is 0 Å². The van der Waals surface area contributed by atoms with Gasteiger partial charge in [-0.05, 0) is 61.0 Å². The van der Waals surface area contributed by atoms with Crippen molar-refractivity contribution in [3.8, 4) is 17.1 Å². The van der Waals surface area contributed by atoms with Gasteiger partial charge in [-0.1, -0.05) is 12.1 Å². The maximum atomic E-state index is 13.4. The van der Waals surface area contributed by atoms with Crippen LogP contribution in [-0.4, -0.2) is 30.8 Å². The van der Waals surface area contributed by atoms with Gasteiger partial charge < -0.3 is 15.7 Å². The fourth-order valence-electron chi connectivity index (χ4n) is 3.77. The number of anilines is 2. The molecular formula is C24H19FN6O2. The largest absolute Gasteiger partial charge is 0.508 e. The van der Waals surface area contributed by atoms with Crippen molar-refractivity contribution in [2.45, 2.75) is 13.0 Å². The molecule has 1 atom stereocenters. The lowest BCUT2D eigenvalue weighted by atomic mass is 9.95. The summed E-state index contributed by atoms with van der Waals surface area (Å²) in [5.41, 5.74) is 2.99. The minimum absolute atomic E-state index is 0.112. The lowest BCUT2D eigenvalue weighted by molar-refractivity contribution is -0.113. The van der Waals surface area contributed by atoms with Crippen LogP contribution >= 0.6 is 0 Å². The molecule has 2 aromatic carbocycles. The van der Waals surface area contributed by atoms with Crippen molar-refractivity contribution >= 4 is 17.5 Å². The van der Waals surface area contributed by atoms with Crippen molar-refractivity contribution in [3.63, 3.8) is 0 Å². The van der Waals surface area contributed by atoms with Crippen LogP contribution < -0.4 is 10.6 Å². The molecule has 8 nitrogen and oxygen atoms in total. The van der Waals surface area contributed by atoms with Crippen LogP contribution in [0.2, 0.25) is 0 Å². The van der Waals surface area contributed by atoms with Gasteiger partial charge in [-0.2, -0.15) is 4.98 Å². The van der Waals surface area contributed by atoms with E-state index in [2.05, 4.69) is 25.7 Å². The normalized spacial score (nSPS) is 15.0. The number of hydrogen-bond donors (Lipinski definition) is 3. The van der Waals surface area contributed by atoms with E-state index in [-0.39, 0.29) is 17.5 Å². The fraction of sp³-hybridized carbons (Fsp3) is 0.0833. The average molecular weight is 442 g/mol. The molecule has 3 N–H and O–H groups in total. The Morgan fingerprint density at radius 2 is 1.88 bits per heavy atom. The van der Waals surface area contributed by atoms with E-state index in [1.54, 1.807) is 72.5 Å². The third-order valence-corrected chi connectivity index (χ3v) is 5.33. The van der Waals surface area contributed by atoms with Gasteiger partial charge in [-0.3, -0.25) is 9.78 Å². The molecule has 0 saturated carbocycles. The molecule has 0 saturated heterocycles. The molecule has 5 rings (SSSR count). The van der Waals surface area contributed by atoms with Crippen LogP contribution in [-0.2, 0) is 4.79 Å². The first-order valence-corrected chi connectivity index (χ1v) is 10.2. The number of aromatic nitrogens is 4. The fourth-order valence-corrected chi connectivity index (χ4v) is 3.77. The number of rotatable bonds is 4. The van der Waals surface area contributed by atoms with Crippen LogP contribution in [0.1, 0.15) is 18.5 Å². The molecule has 0 fully saturated rings. The molecule has 1 unspecified atom stereocenters. The summed E-state index contributed by atoms with van der Waals surface area (Å²) >= 11 is 0. The van der Waals surface area contributed by atoms with E-state index >= 15 is 0 Å². The van der Waals surface area contributed by atoms with Crippen molar-refractivity contribution < 1.29 is 14.3 Å². The molecule has 0 radical (unpaired) electrons. The van der Waals surface area contributed by atoms with E-state index in [0.29, 0.717) is 34.3 Å². The molecule has 33 heavy (non-hydrogen) atoms. The summed E-state index contributed by atoms with van der Waals surface area (Å²) in [5, 5.41) is 20.4. The number of phenols is 1. The van der Waals surface area contributed by atoms with Gasteiger partial charge in [-0.15, -0.1) is 5.10 Å². The van der Waals surface area contributed by atoms with E-state index in [1.165, 1.54) is 12.1 Å². The molecule has 4 aromatic rings. The van der Waals surface area contributed by atoms with Crippen LogP contribution in [0.25, 0.3) is 11.4 Å². The van der Waals surface area contributed by atoms with E-state index in [9.17, 15) is 14.3 Å². The summed E-state index contributed by atoms with van der Waals surface area (Å²) in [6, 6.07) is 15.3. The van der Waals surface area contributed by atoms with Gasteiger partial charge in [0.15, 0.2) is 5.82 Å². The lowest BCUT2D eigenvalue weighted by Crippen LogP contribution is -2.31. The van der Waals surface area contributed by atoms with Crippen molar-refractivity contribution in [2.24, 2.45) is 0 Å². The Balaban J connectivity index is 1.60. The molecule has 164 valence electrons. The van der Waals surface area contributed by atoms with Crippen LogP contribution in [0.5, 0.6) is 5.75 Å². The number of phenolic OH excluding ortho intramolecular Hbond substituents is 1. The van der Waals surface area contributed by atoms with Gasteiger partial charge in [0, 0.05) is 17.5 Å². The Morgan fingerprint density at radius 1 is 1.12 bits per heavy atom. The van der Waals surface area contributed by atoms with E-state index in [4.69, 9.17) is 0 Å². The average Bonchev–Trinajstić information content (AvgIpc) is 3.23. The zero-order chi connectivity index (χ0) is 22.9. The SMILES string of the molecule is CC1=C(C(=O)Nc2cccnc2)C(c2ccc(O)cc2)n2nc(-c3ccc(F)cc3)nc2N1. The Hall–Kier alpha value is -4.53. The predicted molar refractivity (Wildman–Crippen MR) is 121 cm³/mol. The third kappa shape index (κ3) is 3.91. The van der Waals surface area contributed by atoms with Gasteiger partial charge in [0.25, 0.3) is 5.91 Å². The minimum atomic E-state index is -0.611. The number of benzene rings is 2. The number of amides is 1. The molecule has 1 amide bonds. The molecule has 9 heteroatoms. The topological polar surface area (TPSA) is 105 Å². The second kappa shape index (κ2) is 8.19. The number of halogens is 1. The number of fused-ring (bicyclic) bond motifs is 1.